The summed E-state index contributed by atoms with van der Waals surface area (Å²) in [6, 6.07) is 12.5. The predicted molar refractivity (Wildman–Crippen MR) is 109 cm³/mol. The molecule has 0 spiro atoms. The van der Waals surface area contributed by atoms with Crippen molar-refractivity contribution in [2.75, 3.05) is 4.43 Å². The van der Waals surface area contributed by atoms with Crippen LogP contribution in [0, 0.1) is 18.6 Å². The topological polar surface area (TPSA) is 43.1 Å². The van der Waals surface area contributed by atoms with Crippen LogP contribution >= 0.6 is 22.6 Å². The number of rotatable bonds is 6. The lowest BCUT2D eigenvalue weighted by Gasteiger charge is -2.14. The molecule has 7 heteroatoms. The second-order valence-electron chi connectivity index (χ2n) is 6.21. The summed E-state index contributed by atoms with van der Waals surface area (Å²) in [6.07, 6.45) is 2.87. The molecule has 2 heterocycles. The third kappa shape index (κ3) is 4.70. The standard InChI is InChI=1S/C21H18F2IN2O2/c1-14-10-15(22)11-17(23)20(14)19-7-3-5-9-26(19)13-16(12-24)28-21(27)18-6-2-4-8-25-18/h2-11,16H,12-13H2,1H3/q+1. The number of alkyl halides is 1. The monoisotopic (exact) mass is 495 g/mol. The Morgan fingerprint density at radius 1 is 1.21 bits per heavy atom. The van der Waals surface area contributed by atoms with Gasteiger partial charge < -0.3 is 4.74 Å². The highest BCUT2D eigenvalue weighted by Gasteiger charge is 2.25. The van der Waals surface area contributed by atoms with E-state index in [4.69, 9.17) is 4.74 Å². The molecule has 28 heavy (non-hydrogen) atoms. The predicted octanol–water partition coefficient (Wildman–Crippen LogP) is 4.28. The lowest BCUT2D eigenvalue weighted by Crippen LogP contribution is -2.44. The summed E-state index contributed by atoms with van der Waals surface area (Å²) in [5.41, 5.74) is 1.64. The number of pyridine rings is 2. The molecule has 0 aliphatic heterocycles. The first-order valence-corrected chi connectivity index (χ1v) is 10.1. The maximum Gasteiger partial charge on any atom is 0.357 e. The molecule has 0 aliphatic rings. The molecule has 0 fully saturated rings. The first-order valence-electron chi connectivity index (χ1n) is 8.62. The van der Waals surface area contributed by atoms with Crippen molar-refractivity contribution in [2.45, 2.75) is 19.6 Å². The number of hydrogen-bond donors (Lipinski definition) is 0. The van der Waals surface area contributed by atoms with Crippen molar-refractivity contribution in [1.82, 2.24) is 4.98 Å². The minimum Gasteiger partial charge on any atom is -0.450 e. The van der Waals surface area contributed by atoms with Gasteiger partial charge in [-0.05, 0) is 36.8 Å². The number of halogens is 3. The summed E-state index contributed by atoms with van der Waals surface area (Å²) < 4.78 is 35.9. The Hall–Kier alpha value is -2.42. The number of carbonyl (C=O) groups is 1. The molecular weight excluding hydrogens is 477 g/mol. The number of esters is 1. The van der Waals surface area contributed by atoms with Gasteiger partial charge in [0.25, 0.3) is 0 Å². The van der Waals surface area contributed by atoms with Gasteiger partial charge in [-0.25, -0.2) is 18.6 Å². The number of benzene rings is 1. The van der Waals surface area contributed by atoms with Gasteiger partial charge in [-0.1, -0.05) is 28.7 Å². The summed E-state index contributed by atoms with van der Waals surface area (Å²) >= 11 is 2.14. The lowest BCUT2D eigenvalue weighted by atomic mass is 10.0. The first kappa shape index (κ1) is 20.3. The van der Waals surface area contributed by atoms with Crippen LogP contribution in [0.25, 0.3) is 11.3 Å². The van der Waals surface area contributed by atoms with Crippen LogP contribution in [-0.2, 0) is 11.3 Å². The number of hydrogen-bond acceptors (Lipinski definition) is 3. The molecule has 3 aromatic rings. The Morgan fingerprint density at radius 3 is 2.68 bits per heavy atom. The van der Waals surface area contributed by atoms with E-state index in [1.165, 1.54) is 12.3 Å². The van der Waals surface area contributed by atoms with E-state index >= 15 is 0 Å². The maximum absolute atomic E-state index is 14.5. The fraction of sp³-hybridized carbons (Fsp3) is 0.190. The average molecular weight is 495 g/mol. The van der Waals surface area contributed by atoms with Gasteiger partial charge in [-0.15, -0.1) is 0 Å². The summed E-state index contributed by atoms with van der Waals surface area (Å²) in [4.78, 5) is 16.3. The van der Waals surface area contributed by atoms with Crippen molar-refractivity contribution in [3.05, 3.63) is 83.8 Å². The molecule has 0 amide bonds. The van der Waals surface area contributed by atoms with Gasteiger partial charge >= 0.3 is 5.97 Å². The molecule has 4 nitrogen and oxygen atoms in total. The minimum absolute atomic E-state index is 0.232. The molecule has 0 N–H and O–H groups in total. The zero-order chi connectivity index (χ0) is 20.1. The normalized spacial score (nSPS) is 11.9. The molecule has 1 aromatic carbocycles. The molecule has 1 atom stereocenters. The van der Waals surface area contributed by atoms with Gasteiger partial charge in [-0.2, -0.15) is 4.57 Å². The summed E-state index contributed by atoms with van der Waals surface area (Å²) in [6.45, 7) is 1.99. The van der Waals surface area contributed by atoms with Crippen LogP contribution < -0.4 is 4.57 Å². The number of nitrogens with zero attached hydrogens (tertiary/aromatic N) is 2. The molecule has 0 radical (unpaired) electrons. The fourth-order valence-corrected chi connectivity index (χ4v) is 3.38. The van der Waals surface area contributed by atoms with E-state index in [0.29, 0.717) is 27.8 Å². The molecule has 0 saturated heterocycles. The van der Waals surface area contributed by atoms with E-state index in [-0.39, 0.29) is 5.69 Å². The van der Waals surface area contributed by atoms with Gasteiger partial charge in [0, 0.05) is 28.8 Å². The van der Waals surface area contributed by atoms with Crippen molar-refractivity contribution < 1.29 is 22.9 Å². The van der Waals surface area contributed by atoms with E-state index in [0.717, 1.165) is 6.07 Å². The van der Waals surface area contributed by atoms with E-state index in [2.05, 4.69) is 27.6 Å². The van der Waals surface area contributed by atoms with Crippen LogP contribution in [0.15, 0.2) is 60.9 Å². The second-order valence-corrected chi connectivity index (χ2v) is 7.10. The first-order chi connectivity index (χ1) is 13.5. The SMILES string of the molecule is Cc1cc(F)cc(F)c1-c1cccc[n+]1CC(CI)OC(=O)c1ccccn1. The molecule has 144 valence electrons. The van der Waals surface area contributed by atoms with Gasteiger partial charge in [0.15, 0.2) is 18.8 Å². The molecular formula is C21H18F2IN2O2+. The third-order valence-corrected chi connectivity index (χ3v) is 5.15. The van der Waals surface area contributed by atoms with Crippen LogP contribution in [0.4, 0.5) is 8.78 Å². The fourth-order valence-electron chi connectivity index (χ4n) is 2.92. The average Bonchev–Trinajstić information content (AvgIpc) is 2.68. The van der Waals surface area contributed by atoms with Crippen molar-refractivity contribution in [1.29, 1.82) is 0 Å². The van der Waals surface area contributed by atoms with Gasteiger partial charge in [-0.3, -0.25) is 0 Å². The smallest absolute Gasteiger partial charge is 0.357 e. The van der Waals surface area contributed by atoms with Crippen molar-refractivity contribution in [3.8, 4) is 11.3 Å². The number of aromatic nitrogens is 2. The summed E-state index contributed by atoms with van der Waals surface area (Å²) in [5.74, 6) is -1.76. The Bertz CT molecular complexity index is 960. The zero-order valence-electron chi connectivity index (χ0n) is 15.1. The van der Waals surface area contributed by atoms with E-state index in [1.807, 2.05) is 6.07 Å². The van der Waals surface area contributed by atoms with Gasteiger partial charge in [0.2, 0.25) is 5.69 Å². The molecule has 2 aromatic heterocycles. The quantitative estimate of drug-likeness (QED) is 0.222. The van der Waals surface area contributed by atoms with Crippen LogP contribution in [0.2, 0.25) is 0 Å². The number of aryl methyl sites for hydroxylation is 1. The molecule has 1 unspecified atom stereocenters. The number of ether oxygens (including phenoxy) is 1. The van der Waals surface area contributed by atoms with E-state index in [9.17, 15) is 13.6 Å². The van der Waals surface area contributed by atoms with Crippen molar-refractivity contribution in [3.63, 3.8) is 0 Å². The largest absolute Gasteiger partial charge is 0.450 e. The summed E-state index contributed by atoms with van der Waals surface area (Å²) in [5, 5.41) is 0. The van der Waals surface area contributed by atoms with E-state index < -0.39 is 23.7 Å². The molecule has 3 rings (SSSR count). The van der Waals surface area contributed by atoms with Crippen LogP contribution in [0.1, 0.15) is 16.1 Å². The van der Waals surface area contributed by atoms with Gasteiger partial charge in [0.1, 0.15) is 17.3 Å². The minimum atomic E-state index is -0.631. The van der Waals surface area contributed by atoms with E-state index in [1.54, 1.807) is 48.0 Å². The Labute approximate surface area is 175 Å². The molecule has 0 bridgehead atoms. The van der Waals surface area contributed by atoms with Crippen LogP contribution in [-0.4, -0.2) is 21.5 Å². The van der Waals surface area contributed by atoms with Gasteiger partial charge in [0.05, 0.1) is 5.56 Å². The number of carbonyl (C=O) groups excluding carboxylic acids is 1. The highest BCUT2D eigenvalue weighted by molar-refractivity contribution is 14.1. The highest BCUT2D eigenvalue weighted by Crippen LogP contribution is 2.25. The highest BCUT2D eigenvalue weighted by atomic mass is 127. The molecule has 0 saturated carbocycles. The zero-order valence-corrected chi connectivity index (χ0v) is 17.3. The Balaban J connectivity index is 1.87. The maximum atomic E-state index is 14.5. The Kier molecular flexibility index (Phi) is 6.66. The second kappa shape index (κ2) is 9.18. The van der Waals surface area contributed by atoms with Crippen LogP contribution in [0.3, 0.4) is 0 Å². The van der Waals surface area contributed by atoms with Crippen molar-refractivity contribution in [2.24, 2.45) is 0 Å². The lowest BCUT2D eigenvalue weighted by molar-refractivity contribution is -0.692. The Morgan fingerprint density at radius 2 is 2.00 bits per heavy atom. The van der Waals surface area contributed by atoms with Crippen LogP contribution in [0.5, 0.6) is 0 Å². The molecule has 0 aliphatic carbocycles. The van der Waals surface area contributed by atoms with Crippen molar-refractivity contribution >= 4 is 28.6 Å². The summed E-state index contributed by atoms with van der Waals surface area (Å²) in [7, 11) is 0. The third-order valence-electron chi connectivity index (χ3n) is 4.17.